The maximum atomic E-state index is 6.85. The number of benzene rings is 7. The summed E-state index contributed by atoms with van der Waals surface area (Å²) in [6, 6.07) is 59.2. The standard InChI is InChI=1S/C47H31N3O/c1-47(34-21-9-4-10-22-34)40-26-12-11-23-36(40)38-28-39-37-25-14-24-35(43(37)51-42(39)29-41(38)47)32-19-13-20-33(27-32)46-49-44(30-15-5-2-6-16-30)48-45(50-46)31-17-7-3-8-18-31/h2-29H,1H3. The Balaban J connectivity index is 1.13. The number of hydrogen-bond donors (Lipinski definition) is 0. The van der Waals surface area contributed by atoms with Gasteiger partial charge in [0.15, 0.2) is 17.5 Å². The van der Waals surface area contributed by atoms with Gasteiger partial charge in [-0.05, 0) is 58.5 Å². The predicted molar refractivity (Wildman–Crippen MR) is 206 cm³/mol. The van der Waals surface area contributed by atoms with Crippen molar-refractivity contribution in [1.82, 2.24) is 15.0 Å². The summed E-state index contributed by atoms with van der Waals surface area (Å²) in [5.74, 6) is 1.90. The van der Waals surface area contributed by atoms with E-state index in [-0.39, 0.29) is 5.41 Å². The van der Waals surface area contributed by atoms with E-state index in [1.807, 2.05) is 60.7 Å². The Morgan fingerprint density at radius 1 is 0.412 bits per heavy atom. The highest BCUT2D eigenvalue weighted by molar-refractivity contribution is 6.11. The van der Waals surface area contributed by atoms with Gasteiger partial charge in [0, 0.05) is 38.4 Å². The molecule has 0 spiro atoms. The van der Waals surface area contributed by atoms with Crippen LogP contribution in [-0.2, 0) is 5.41 Å². The third-order valence-electron chi connectivity index (χ3n) is 10.4. The van der Waals surface area contributed by atoms with Crippen LogP contribution in [-0.4, -0.2) is 15.0 Å². The molecular weight excluding hydrogens is 623 g/mol. The van der Waals surface area contributed by atoms with Crippen LogP contribution in [0.3, 0.4) is 0 Å². The highest BCUT2D eigenvalue weighted by Gasteiger charge is 2.41. The van der Waals surface area contributed by atoms with Crippen LogP contribution in [0.1, 0.15) is 23.6 Å². The highest BCUT2D eigenvalue weighted by Crippen LogP contribution is 2.54. The van der Waals surface area contributed by atoms with E-state index in [0.29, 0.717) is 17.5 Å². The monoisotopic (exact) mass is 653 g/mol. The number of para-hydroxylation sites is 1. The van der Waals surface area contributed by atoms with Gasteiger partial charge in [0.25, 0.3) is 0 Å². The first-order valence-corrected chi connectivity index (χ1v) is 17.3. The van der Waals surface area contributed by atoms with Gasteiger partial charge in [0.05, 0.1) is 0 Å². The van der Waals surface area contributed by atoms with Crippen LogP contribution in [0.25, 0.3) is 78.4 Å². The summed E-state index contributed by atoms with van der Waals surface area (Å²) in [7, 11) is 0. The molecule has 9 aromatic rings. The molecule has 10 rings (SSSR count). The van der Waals surface area contributed by atoms with E-state index in [0.717, 1.165) is 49.8 Å². The van der Waals surface area contributed by atoms with Crippen LogP contribution in [0, 0.1) is 0 Å². The van der Waals surface area contributed by atoms with Gasteiger partial charge in [-0.15, -0.1) is 0 Å². The molecular formula is C47H31N3O. The van der Waals surface area contributed by atoms with Gasteiger partial charge in [-0.3, -0.25) is 0 Å². The van der Waals surface area contributed by atoms with Crippen LogP contribution in [0.2, 0.25) is 0 Å². The Hall–Kier alpha value is -6.65. The molecule has 2 heterocycles. The second-order valence-electron chi connectivity index (χ2n) is 13.3. The van der Waals surface area contributed by atoms with Crippen LogP contribution in [0.4, 0.5) is 0 Å². The zero-order chi connectivity index (χ0) is 33.9. The molecule has 0 aliphatic heterocycles. The smallest absolute Gasteiger partial charge is 0.164 e. The summed E-state index contributed by atoms with van der Waals surface area (Å²) in [4.78, 5) is 14.8. The van der Waals surface area contributed by atoms with Crippen molar-refractivity contribution in [3.05, 3.63) is 187 Å². The second kappa shape index (κ2) is 11.5. The molecule has 1 atom stereocenters. The zero-order valence-electron chi connectivity index (χ0n) is 27.9. The summed E-state index contributed by atoms with van der Waals surface area (Å²) < 4.78 is 6.85. The normalized spacial score (nSPS) is 14.8. The van der Waals surface area contributed by atoms with Gasteiger partial charge in [-0.1, -0.05) is 152 Å². The van der Waals surface area contributed by atoms with Crippen molar-refractivity contribution in [2.75, 3.05) is 0 Å². The Morgan fingerprint density at radius 2 is 0.961 bits per heavy atom. The minimum atomic E-state index is -0.292. The molecule has 0 N–H and O–H groups in total. The average molecular weight is 654 g/mol. The van der Waals surface area contributed by atoms with E-state index in [1.165, 1.54) is 27.8 Å². The Kier molecular flexibility index (Phi) is 6.58. The lowest BCUT2D eigenvalue weighted by Gasteiger charge is -2.28. The third-order valence-corrected chi connectivity index (χ3v) is 10.4. The molecule has 1 aliphatic carbocycles. The molecule has 0 radical (unpaired) electrons. The van der Waals surface area contributed by atoms with Crippen molar-refractivity contribution in [2.45, 2.75) is 12.3 Å². The summed E-state index contributed by atoms with van der Waals surface area (Å²) in [6.07, 6.45) is 0. The highest BCUT2D eigenvalue weighted by atomic mass is 16.3. The predicted octanol–water partition coefficient (Wildman–Crippen LogP) is 11.8. The van der Waals surface area contributed by atoms with Gasteiger partial charge in [0.1, 0.15) is 11.2 Å². The fraction of sp³-hybridized carbons (Fsp3) is 0.0426. The quantitative estimate of drug-likeness (QED) is 0.185. The van der Waals surface area contributed by atoms with Gasteiger partial charge < -0.3 is 4.42 Å². The number of fused-ring (bicyclic) bond motifs is 6. The lowest BCUT2D eigenvalue weighted by atomic mass is 9.74. The van der Waals surface area contributed by atoms with Crippen molar-refractivity contribution in [3.63, 3.8) is 0 Å². The van der Waals surface area contributed by atoms with E-state index < -0.39 is 0 Å². The molecule has 51 heavy (non-hydrogen) atoms. The van der Waals surface area contributed by atoms with Crippen molar-refractivity contribution < 1.29 is 4.42 Å². The van der Waals surface area contributed by atoms with E-state index >= 15 is 0 Å². The lowest BCUT2D eigenvalue weighted by Crippen LogP contribution is -2.22. The summed E-state index contributed by atoms with van der Waals surface area (Å²) in [5, 5.41) is 2.21. The molecule has 0 amide bonds. The molecule has 0 fully saturated rings. The SMILES string of the molecule is CC1(c2ccccc2)c2ccccc2-c2cc3c(cc21)oc1c(-c2cccc(-c4nc(-c5ccccc5)nc(-c5ccccc5)n4)c2)cccc13. The average Bonchev–Trinajstić information content (AvgIpc) is 3.70. The maximum absolute atomic E-state index is 6.85. The summed E-state index contributed by atoms with van der Waals surface area (Å²) in [6.45, 7) is 2.34. The molecule has 4 nitrogen and oxygen atoms in total. The van der Waals surface area contributed by atoms with Gasteiger partial charge in [-0.2, -0.15) is 0 Å². The van der Waals surface area contributed by atoms with Gasteiger partial charge in [0.2, 0.25) is 0 Å². The van der Waals surface area contributed by atoms with Crippen LogP contribution >= 0.6 is 0 Å². The van der Waals surface area contributed by atoms with Crippen LogP contribution in [0.15, 0.2) is 174 Å². The van der Waals surface area contributed by atoms with Crippen LogP contribution in [0.5, 0.6) is 0 Å². The first-order valence-electron chi connectivity index (χ1n) is 17.3. The summed E-state index contributed by atoms with van der Waals surface area (Å²) in [5.41, 5.74) is 12.7. The molecule has 240 valence electrons. The van der Waals surface area contributed by atoms with Crippen molar-refractivity contribution in [2.24, 2.45) is 0 Å². The molecule has 2 aromatic heterocycles. The van der Waals surface area contributed by atoms with E-state index in [2.05, 4.69) is 116 Å². The lowest BCUT2D eigenvalue weighted by molar-refractivity contribution is 0.664. The first-order chi connectivity index (χ1) is 25.1. The second-order valence-corrected chi connectivity index (χ2v) is 13.3. The van der Waals surface area contributed by atoms with Gasteiger partial charge >= 0.3 is 0 Å². The number of furan rings is 1. The molecule has 0 bridgehead atoms. The number of hydrogen-bond acceptors (Lipinski definition) is 4. The third kappa shape index (κ3) is 4.64. The molecule has 0 saturated heterocycles. The van der Waals surface area contributed by atoms with Crippen molar-refractivity contribution in [1.29, 1.82) is 0 Å². The zero-order valence-corrected chi connectivity index (χ0v) is 27.9. The number of nitrogens with zero attached hydrogens (tertiary/aromatic N) is 3. The van der Waals surface area contributed by atoms with E-state index in [9.17, 15) is 0 Å². The molecule has 0 saturated carbocycles. The topological polar surface area (TPSA) is 51.8 Å². The summed E-state index contributed by atoms with van der Waals surface area (Å²) >= 11 is 0. The van der Waals surface area contributed by atoms with Crippen molar-refractivity contribution >= 4 is 21.9 Å². The fourth-order valence-corrected chi connectivity index (χ4v) is 7.85. The fourth-order valence-electron chi connectivity index (χ4n) is 7.85. The Labute approximate surface area is 295 Å². The van der Waals surface area contributed by atoms with E-state index in [1.54, 1.807) is 0 Å². The molecule has 7 aromatic carbocycles. The molecule has 1 aliphatic rings. The number of rotatable bonds is 5. The van der Waals surface area contributed by atoms with Crippen molar-refractivity contribution in [3.8, 4) is 56.4 Å². The molecule has 4 heteroatoms. The number of aromatic nitrogens is 3. The minimum Gasteiger partial charge on any atom is -0.455 e. The Bertz CT molecular complexity index is 2700. The largest absolute Gasteiger partial charge is 0.455 e. The molecule has 1 unspecified atom stereocenters. The first kappa shape index (κ1) is 29.3. The van der Waals surface area contributed by atoms with Gasteiger partial charge in [-0.25, -0.2) is 15.0 Å². The van der Waals surface area contributed by atoms with Crippen LogP contribution < -0.4 is 0 Å². The minimum absolute atomic E-state index is 0.292. The maximum Gasteiger partial charge on any atom is 0.164 e. The Morgan fingerprint density at radius 3 is 1.67 bits per heavy atom. The van der Waals surface area contributed by atoms with E-state index in [4.69, 9.17) is 19.4 Å².